The molecule has 0 radical (unpaired) electrons. The molecule has 1 heterocycles. The lowest BCUT2D eigenvalue weighted by molar-refractivity contribution is -0.137. The van der Waals surface area contributed by atoms with Crippen molar-refractivity contribution in [1.29, 1.82) is 0 Å². The van der Waals surface area contributed by atoms with E-state index in [1.165, 1.54) is 32.1 Å². The zero-order valence-corrected chi connectivity index (χ0v) is 13.5. The number of nitrogens with zero attached hydrogens (tertiary/aromatic N) is 2. The molecule has 0 unspecified atom stereocenters. The van der Waals surface area contributed by atoms with Crippen molar-refractivity contribution in [3.63, 3.8) is 0 Å². The van der Waals surface area contributed by atoms with Gasteiger partial charge in [0.1, 0.15) is 0 Å². The summed E-state index contributed by atoms with van der Waals surface area (Å²) in [5.74, 6) is -0.663. The molecule has 1 rings (SSSR count). The monoisotopic (exact) mass is 284 g/mol. The lowest BCUT2D eigenvalue weighted by Gasteiger charge is -2.14. The summed E-state index contributed by atoms with van der Waals surface area (Å²) in [7, 11) is 2.08. The van der Waals surface area contributed by atoms with E-state index in [2.05, 4.69) is 43.1 Å². The van der Waals surface area contributed by atoms with Crippen LogP contribution in [0.25, 0.3) is 0 Å². The van der Waals surface area contributed by atoms with Crippen molar-refractivity contribution >= 4 is 5.97 Å². The highest BCUT2D eigenvalue weighted by Crippen LogP contribution is 2.07. The van der Waals surface area contributed by atoms with E-state index in [1.807, 2.05) is 0 Å². The average Bonchev–Trinajstić information content (AvgIpc) is 2.84. The molecule has 4 nitrogen and oxygen atoms in total. The van der Waals surface area contributed by atoms with Gasteiger partial charge in [-0.1, -0.05) is 45.4 Å². The van der Waals surface area contributed by atoms with Gasteiger partial charge in [0.25, 0.3) is 0 Å². The van der Waals surface area contributed by atoms with Crippen molar-refractivity contribution in [3.8, 4) is 0 Å². The third-order valence-corrected chi connectivity index (χ3v) is 3.34. The van der Waals surface area contributed by atoms with E-state index in [4.69, 9.17) is 5.11 Å². The van der Waals surface area contributed by atoms with Gasteiger partial charge in [-0.15, -0.1) is 0 Å². The minimum Gasteiger partial charge on any atom is -0.481 e. The van der Waals surface area contributed by atoms with Crippen LogP contribution in [0.15, 0.2) is 12.4 Å². The Hall–Kier alpha value is -1.19. The van der Waals surface area contributed by atoms with Crippen LogP contribution in [0.4, 0.5) is 0 Å². The summed E-state index contributed by atoms with van der Waals surface area (Å²) in [6, 6.07) is 0. The molecule has 0 spiro atoms. The molecule has 1 aliphatic heterocycles. The number of unbranched alkanes of at least 4 members (excludes halogenated alkanes) is 6. The van der Waals surface area contributed by atoms with Gasteiger partial charge < -0.3 is 14.9 Å². The van der Waals surface area contributed by atoms with Gasteiger partial charge in [-0.25, -0.2) is 0 Å². The second kappa shape index (κ2) is 12.8. The number of carbonyl (C=O) groups is 1. The van der Waals surface area contributed by atoms with E-state index in [-0.39, 0.29) is 0 Å². The Morgan fingerprint density at radius 3 is 2.05 bits per heavy atom. The summed E-state index contributed by atoms with van der Waals surface area (Å²) in [6.45, 7) is 6.52. The maximum Gasteiger partial charge on any atom is 0.303 e. The van der Waals surface area contributed by atoms with Gasteiger partial charge in [0.2, 0.25) is 0 Å². The zero-order chi connectivity index (χ0) is 15.2. The Balaban J connectivity index is 0.000000388. The fourth-order valence-corrected chi connectivity index (χ4v) is 2.03. The number of aliphatic carboxylic acids is 1. The SMILES string of the molecule is CCCCCCCCCC(=O)O.CCN1C=CN(C)C1. The van der Waals surface area contributed by atoms with Crippen molar-refractivity contribution in [3.05, 3.63) is 12.4 Å². The van der Waals surface area contributed by atoms with Crippen LogP contribution in [-0.4, -0.2) is 41.1 Å². The second-order valence-electron chi connectivity index (χ2n) is 5.37. The van der Waals surface area contributed by atoms with Crippen molar-refractivity contribution in [1.82, 2.24) is 9.80 Å². The smallest absolute Gasteiger partial charge is 0.303 e. The molecule has 0 saturated heterocycles. The van der Waals surface area contributed by atoms with Gasteiger partial charge in [0.15, 0.2) is 0 Å². The standard InChI is InChI=1S/C10H20O2.C6H12N2/c1-2-3-4-5-6-7-8-9-10(11)12;1-3-8-5-4-7(2)6-8/h2-9H2,1H3,(H,11,12);4-5H,3,6H2,1-2H3. The fraction of sp³-hybridized carbons (Fsp3) is 0.812. The van der Waals surface area contributed by atoms with Crippen LogP contribution in [-0.2, 0) is 4.79 Å². The maximum absolute atomic E-state index is 10.1. The van der Waals surface area contributed by atoms with Crippen LogP contribution in [0, 0.1) is 0 Å². The van der Waals surface area contributed by atoms with Gasteiger partial charge >= 0.3 is 5.97 Å². The number of hydrogen-bond donors (Lipinski definition) is 1. The summed E-state index contributed by atoms with van der Waals surface area (Å²) in [5.41, 5.74) is 0. The third-order valence-electron chi connectivity index (χ3n) is 3.34. The summed E-state index contributed by atoms with van der Waals surface area (Å²) in [5, 5.41) is 8.35. The van der Waals surface area contributed by atoms with Crippen LogP contribution >= 0.6 is 0 Å². The van der Waals surface area contributed by atoms with Crippen LogP contribution in [0.5, 0.6) is 0 Å². The Morgan fingerprint density at radius 2 is 1.65 bits per heavy atom. The normalized spacial score (nSPS) is 13.3. The molecular weight excluding hydrogens is 252 g/mol. The minimum atomic E-state index is -0.663. The van der Waals surface area contributed by atoms with Crippen molar-refractivity contribution in [2.45, 2.75) is 65.2 Å². The van der Waals surface area contributed by atoms with Gasteiger partial charge in [-0.2, -0.15) is 0 Å². The molecule has 118 valence electrons. The molecular formula is C16H32N2O2. The molecule has 0 aromatic rings. The highest BCUT2D eigenvalue weighted by atomic mass is 16.4. The first-order valence-electron chi connectivity index (χ1n) is 7.94. The topological polar surface area (TPSA) is 43.8 Å². The molecule has 1 aliphatic rings. The first kappa shape index (κ1) is 18.8. The Labute approximate surface area is 124 Å². The number of carboxylic acids is 1. The summed E-state index contributed by atoms with van der Waals surface area (Å²) in [6.07, 6.45) is 12.8. The largest absolute Gasteiger partial charge is 0.481 e. The van der Waals surface area contributed by atoms with Crippen LogP contribution in [0.1, 0.15) is 65.2 Å². The Morgan fingerprint density at radius 1 is 1.05 bits per heavy atom. The first-order chi connectivity index (χ1) is 9.60. The lowest BCUT2D eigenvalue weighted by atomic mass is 10.1. The average molecular weight is 284 g/mol. The van der Waals surface area contributed by atoms with E-state index >= 15 is 0 Å². The lowest BCUT2D eigenvalue weighted by Crippen LogP contribution is -2.21. The van der Waals surface area contributed by atoms with E-state index < -0.39 is 5.97 Å². The van der Waals surface area contributed by atoms with Crippen LogP contribution < -0.4 is 0 Å². The highest BCUT2D eigenvalue weighted by Gasteiger charge is 2.03. The third kappa shape index (κ3) is 11.9. The molecule has 20 heavy (non-hydrogen) atoms. The number of hydrogen-bond acceptors (Lipinski definition) is 3. The molecule has 0 aliphatic carbocycles. The van der Waals surface area contributed by atoms with Crippen molar-refractivity contribution in [2.24, 2.45) is 0 Å². The maximum atomic E-state index is 10.1. The molecule has 0 atom stereocenters. The van der Waals surface area contributed by atoms with E-state index in [9.17, 15) is 4.79 Å². The summed E-state index contributed by atoms with van der Waals surface area (Å²) < 4.78 is 0. The molecule has 0 amide bonds. The van der Waals surface area contributed by atoms with E-state index in [1.54, 1.807) is 0 Å². The van der Waals surface area contributed by atoms with Crippen molar-refractivity contribution in [2.75, 3.05) is 20.3 Å². The van der Waals surface area contributed by atoms with Gasteiger partial charge in [0, 0.05) is 32.4 Å². The predicted octanol–water partition coefficient (Wildman–Crippen LogP) is 3.89. The Kier molecular flexibility index (Phi) is 12.1. The zero-order valence-electron chi connectivity index (χ0n) is 13.5. The predicted molar refractivity (Wildman–Crippen MR) is 84.4 cm³/mol. The molecule has 0 aromatic carbocycles. The van der Waals surface area contributed by atoms with Gasteiger partial charge in [-0.3, -0.25) is 4.79 Å². The van der Waals surface area contributed by atoms with Gasteiger partial charge in [0.05, 0.1) is 6.67 Å². The van der Waals surface area contributed by atoms with Crippen molar-refractivity contribution < 1.29 is 9.90 Å². The molecule has 0 bridgehead atoms. The molecule has 0 aromatic heterocycles. The minimum absolute atomic E-state index is 0.341. The van der Waals surface area contributed by atoms with Crippen LogP contribution in [0.3, 0.4) is 0 Å². The molecule has 0 saturated carbocycles. The molecule has 0 fully saturated rings. The first-order valence-corrected chi connectivity index (χ1v) is 7.94. The van der Waals surface area contributed by atoms with E-state index in [0.717, 1.165) is 26.1 Å². The highest BCUT2D eigenvalue weighted by molar-refractivity contribution is 5.66. The number of rotatable bonds is 9. The second-order valence-corrected chi connectivity index (χ2v) is 5.37. The Bertz CT molecular complexity index is 267. The van der Waals surface area contributed by atoms with Crippen LogP contribution in [0.2, 0.25) is 0 Å². The molecule has 4 heteroatoms. The summed E-state index contributed by atoms with van der Waals surface area (Å²) >= 11 is 0. The van der Waals surface area contributed by atoms with Gasteiger partial charge in [-0.05, 0) is 13.3 Å². The van der Waals surface area contributed by atoms with E-state index in [0.29, 0.717) is 6.42 Å². The quantitative estimate of drug-likeness (QED) is 0.652. The molecule has 1 N–H and O–H groups in total. The summed E-state index contributed by atoms with van der Waals surface area (Å²) in [4.78, 5) is 14.5. The fourth-order valence-electron chi connectivity index (χ4n) is 2.03. The number of carboxylic acid groups (broad SMARTS) is 1.